The lowest BCUT2D eigenvalue weighted by Crippen LogP contribution is -2.27. The molecule has 1 N–H and O–H groups in total. The first-order valence-electron chi connectivity index (χ1n) is 10.8. The highest BCUT2D eigenvalue weighted by molar-refractivity contribution is 6.30. The van der Waals surface area contributed by atoms with Gasteiger partial charge in [0.25, 0.3) is 0 Å². The molecule has 0 saturated carbocycles. The molecule has 1 aliphatic rings. The van der Waals surface area contributed by atoms with E-state index in [1.807, 2.05) is 24.3 Å². The maximum Gasteiger partial charge on any atom is 0.303 e. The van der Waals surface area contributed by atoms with E-state index < -0.39 is 17.9 Å². The number of hydrazone groups is 1. The van der Waals surface area contributed by atoms with Crippen LogP contribution < -0.4 is 14.2 Å². The summed E-state index contributed by atoms with van der Waals surface area (Å²) in [6, 6.07) is 12.1. The van der Waals surface area contributed by atoms with Gasteiger partial charge in [0, 0.05) is 41.5 Å². The third-order valence-corrected chi connectivity index (χ3v) is 6.11. The molecule has 0 radical (unpaired) electrons. The van der Waals surface area contributed by atoms with E-state index in [0.717, 1.165) is 5.39 Å². The smallest absolute Gasteiger partial charge is 0.303 e. The van der Waals surface area contributed by atoms with E-state index in [-0.39, 0.29) is 18.0 Å². The van der Waals surface area contributed by atoms with Gasteiger partial charge in [0.1, 0.15) is 22.4 Å². The number of carboxylic acids is 1. The quantitative estimate of drug-likeness (QED) is 0.457. The van der Waals surface area contributed by atoms with E-state index in [2.05, 4.69) is 10.1 Å². The molecule has 9 nitrogen and oxygen atoms in total. The summed E-state index contributed by atoms with van der Waals surface area (Å²) >= 11 is 6.59. The van der Waals surface area contributed by atoms with Gasteiger partial charge in [0.15, 0.2) is 0 Å². The van der Waals surface area contributed by atoms with Crippen molar-refractivity contribution in [2.24, 2.45) is 5.10 Å². The molecule has 1 amide bonds. The van der Waals surface area contributed by atoms with Crippen LogP contribution in [0.1, 0.15) is 36.4 Å². The van der Waals surface area contributed by atoms with Crippen molar-refractivity contribution in [1.82, 2.24) is 9.99 Å². The van der Waals surface area contributed by atoms with Crippen molar-refractivity contribution in [3.05, 3.63) is 58.7 Å². The maximum atomic E-state index is 13.0. The lowest BCUT2D eigenvalue weighted by molar-refractivity contribution is -0.141. The van der Waals surface area contributed by atoms with Gasteiger partial charge in [-0.1, -0.05) is 11.6 Å². The Hall–Kier alpha value is -3.85. The minimum Gasteiger partial charge on any atom is -0.497 e. The van der Waals surface area contributed by atoms with Crippen LogP contribution in [0.25, 0.3) is 10.9 Å². The molecule has 3 aromatic rings. The molecular weight excluding hydrogens is 474 g/mol. The molecule has 0 fully saturated rings. The van der Waals surface area contributed by atoms with Gasteiger partial charge in [-0.15, -0.1) is 0 Å². The minimum atomic E-state index is -1.06. The van der Waals surface area contributed by atoms with Crippen LogP contribution in [-0.4, -0.2) is 54.0 Å². The largest absolute Gasteiger partial charge is 0.497 e. The zero-order valence-corrected chi connectivity index (χ0v) is 20.2. The van der Waals surface area contributed by atoms with Crippen LogP contribution in [0.3, 0.4) is 0 Å². The summed E-state index contributed by atoms with van der Waals surface area (Å²) < 4.78 is 16.1. The number of hydrogen-bond acceptors (Lipinski definition) is 7. The van der Waals surface area contributed by atoms with Crippen molar-refractivity contribution >= 4 is 40.1 Å². The fraction of sp³-hybridized carbons (Fsp3) is 0.280. The Morgan fingerprint density at radius 3 is 2.43 bits per heavy atom. The number of fused-ring (bicyclic) bond motifs is 1. The van der Waals surface area contributed by atoms with Gasteiger partial charge in [-0.3, -0.25) is 9.59 Å². The average Bonchev–Trinajstić information content (AvgIpc) is 3.31. The number of carboxylic acid groups (broad SMARTS) is 1. The summed E-state index contributed by atoms with van der Waals surface area (Å²) in [4.78, 5) is 28.6. The van der Waals surface area contributed by atoms with E-state index >= 15 is 0 Å². The lowest BCUT2D eigenvalue weighted by atomic mass is 9.97. The summed E-state index contributed by atoms with van der Waals surface area (Å²) in [5.41, 5.74) is 2.56. The summed E-state index contributed by atoms with van der Waals surface area (Å²) in [6.45, 7) is 0. The molecule has 2 heterocycles. The molecule has 0 spiro atoms. The van der Waals surface area contributed by atoms with Crippen LogP contribution in [0.5, 0.6) is 17.2 Å². The fourth-order valence-electron chi connectivity index (χ4n) is 4.01. The molecule has 182 valence electrons. The van der Waals surface area contributed by atoms with Crippen molar-refractivity contribution in [2.45, 2.75) is 25.3 Å². The first-order chi connectivity index (χ1) is 16.8. The summed E-state index contributed by atoms with van der Waals surface area (Å²) in [6.07, 6.45) is -0.162. The first kappa shape index (κ1) is 24.3. The Morgan fingerprint density at radius 1 is 1.03 bits per heavy atom. The highest BCUT2D eigenvalue weighted by Gasteiger charge is 2.35. The molecule has 4 rings (SSSR count). The third-order valence-electron chi connectivity index (χ3n) is 5.80. The fourth-order valence-corrected chi connectivity index (χ4v) is 4.28. The summed E-state index contributed by atoms with van der Waals surface area (Å²) in [5.74, 6) is 0.321. The first-order valence-corrected chi connectivity index (χ1v) is 11.2. The zero-order valence-electron chi connectivity index (χ0n) is 19.4. The monoisotopic (exact) mass is 497 g/mol. The van der Waals surface area contributed by atoms with Crippen molar-refractivity contribution in [1.29, 1.82) is 0 Å². The van der Waals surface area contributed by atoms with Crippen molar-refractivity contribution in [3.8, 4) is 17.2 Å². The Balaban J connectivity index is 1.76. The topological polar surface area (TPSA) is 111 Å². The van der Waals surface area contributed by atoms with E-state index in [0.29, 0.717) is 46.0 Å². The van der Waals surface area contributed by atoms with Crippen LogP contribution in [0.15, 0.2) is 47.6 Å². The number of nitrogens with zero attached hydrogens (tertiary/aromatic N) is 3. The molecule has 10 heteroatoms. The van der Waals surface area contributed by atoms with E-state index in [9.17, 15) is 9.59 Å². The highest BCUT2D eigenvalue weighted by atomic mass is 35.5. The maximum absolute atomic E-state index is 13.0. The molecule has 35 heavy (non-hydrogen) atoms. The number of aromatic nitrogens is 1. The van der Waals surface area contributed by atoms with E-state index in [1.165, 1.54) is 5.01 Å². The molecule has 2 aromatic carbocycles. The second kappa shape index (κ2) is 10.2. The number of halogens is 1. The molecule has 1 aromatic heterocycles. The number of rotatable bonds is 8. The molecule has 1 aliphatic heterocycles. The number of pyridine rings is 1. The number of ether oxygens (including phenoxy) is 3. The molecule has 0 bridgehead atoms. The number of carbonyl (C=O) groups is 2. The van der Waals surface area contributed by atoms with Gasteiger partial charge in [0.05, 0.1) is 45.0 Å². The number of methoxy groups -OCH3 is 3. The van der Waals surface area contributed by atoms with Crippen LogP contribution >= 0.6 is 11.6 Å². The van der Waals surface area contributed by atoms with Gasteiger partial charge >= 0.3 is 5.97 Å². The molecule has 1 atom stereocenters. The highest BCUT2D eigenvalue weighted by Crippen LogP contribution is 2.39. The number of benzene rings is 2. The number of aliphatic carboxylic acids is 1. The Morgan fingerprint density at radius 2 is 1.74 bits per heavy atom. The van der Waals surface area contributed by atoms with Gasteiger partial charge in [-0.25, -0.2) is 9.99 Å². The minimum absolute atomic E-state index is 0.196. The zero-order chi connectivity index (χ0) is 25.1. The SMILES string of the molecule is COc1ccc(C2=NN(C(=O)CCC(=O)O)C(c3cc4ccc(OC)cc4nc3Cl)C2)c(OC)c1. The van der Waals surface area contributed by atoms with E-state index in [4.69, 9.17) is 30.9 Å². The van der Waals surface area contributed by atoms with Gasteiger partial charge in [0.2, 0.25) is 5.91 Å². The van der Waals surface area contributed by atoms with Crippen molar-refractivity contribution < 1.29 is 28.9 Å². The summed E-state index contributed by atoms with van der Waals surface area (Å²) in [7, 11) is 4.67. The van der Waals surface area contributed by atoms with Crippen LogP contribution in [0.4, 0.5) is 0 Å². The standard InChI is InChI=1S/C25H24ClN3O6/c1-33-15-5-4-14-10-18(25(26)27-19(14)11-15)21-13-20(28-29(21)23(30)8-9-24(31)32)17-7-6-16(34-2)12-22(17)35-3/h4-7,10-12,21H,8-9,13H2,1-3H3,(H,31,32). The summed E-state index contributed by atoms with van der Waals surface area (Å²) in [5, 5.41) is 16.0. The Kier molecular flexibility index (Phi) is 7.07. The van der Waals surface area contributed by atoms with Crippen LogP contribution in [-0.2, 0) is 9.59 Å². The predicted octanol–water partition coefficient (Wildman–Crippen LogP) is 4.46. The average molecular weight is 498 g/mol. The van der Waals surface area contributed by atoms with E-state index in [1.54, 1.807) is 39.5 Å². The second-order valence-electron chi connectivity index (χ2n) is 7.89. The Bertz CT molecular complexity index is 1330. The molecule has 0 aliphatic carbocycles. The second-order valence-corrected chi connectivity index (χ2v) is 8.25. The number of carbonyl (C=O) groups excluding carboxylic acids is 1. The molecular formula is C25H24ClN3O6. The van der Waals surface area contributed by atoms with Crippen LogP contribution in [0, 0.1) is 0 Å². The number of amides is 1. The predicted molar refractivity (Wildman–Crippen MR) is 130 cm³/mol. The Labute approximate surface area is 206 Å². The van der Waals surface area contributed by atoms with Crippen LogP contribution in [0.2, 0.25) is 5.15 Å². The molecule has 0 saturated heterocycles. The van der Waals surface area contributed by atoms with Crippen molar-refractivity contribution in [2.75, 3.05) is 21.3 Å². The lowest BCUT2D eigenvalue weighted by Gasteiger charge is -2.23. The van der Waals surface area contributed by atoms with Gasteiger partial charge < -0.3 is 19.3 Å². The third kappa shape index (κ3) is 5.00. The van der Waals surface area contributed by atoms with Gasteiger partial charge in [-0.2, -0.15) is 5.10 Å². The number of hydrogen-bond donors (Lipinski definition) is 1. The molecule has 1 unspecified atom stereocenters. The van der Waals surface area contributed by atoms with Crippen molar-refractivity contribution in [3.63, 3.8) is 0 Å². The van der Waals surface area contributed by atoms with Gasteiger partial charge in [-0.05, 0) is 30.3 Å². The normalized spacial score (nSPS) is 15.1.